The van der Waals surface area contributed by atoms with Gasteiger partial charge < -0.3 is 0 Å². The largest absolute Gasteiger partial charge is 0.164 e. The second kappa shape index (κ2) is 1.72. The number of aromatic nitrogens is 2. The fourth-order valence-electron chi connectivity index (χ4n) is 0.270. The molecule has 0 radical (unpaired) electrons. The van der Waals surface area contributed by atoms with Gasteiger partial charge in [-0.1, -0.05) is 11.6 Å². The van der Waals surface area contributed by atoms with Gasteiger partial charge in [-0.3, -0.25) is 0 Å². The van der Waals surface area contributed by atoms with E-state index in [1.165, 1.54) is 6.20 Å². The summed E-state index contributed by atoms with van der Waals surface area (Å²) in [5.41, 5.74) is 0. The Labute approximate surface area is 50.8 Å². The summed E-state index contributed by atoms with van der Waals surface area (Å²) < 4.78 is 1.07. The Balaban J connectivity index is 3.12. The molecule has 0 spiro atoms. The first-order valence-electron chi connectivity index (χ1n) is 1.66. The summed E-state index contributed by atoms with van der Waals surface area (Å²) in [6, 6.07) is 1.61. The summed E-state index contributed by atoms with van der Waals surface area (Å²) in [6.45, 7) is 0. The molecule has 1 heterocycles. The van der Waals surface area contributed by atoms with Gasteiger partial charge >= 0.3 is 0 Å². The van der Waals surface area contributed by atoms with E-state index in [1.807, 2.05) is 0 Å². The number of nitrogens with zero attached hydrogens (tertiary/aromatic N) is 2. The SMILES string of the molecule is Clc1ccnn1Cl. The molecule has 2 nitrogen and oxygen atoms in total. The molecule has 38 valence electrons. The molecule has 4 heteroatoms. The van der Waals surface area contributed by atoms with Crippen LogP contribution in [-0.2, 0) is 0 Å². The van der Waals surface area contributed by atoms with Crippen molar-refractivity contribution in [2.75, 3.05) is 0 Å². The van der Waals surface area contributed by atoms with Crippen molar-refractivity contribution in [2.24, 2.45) is 0 Å². The number of hydrogen-bond acceptors (Lipinski definition) is 1. The third-order valence-corrected chi connectivity index (χ3v) is 1.20. The van der Waals surface area contributed by atoms with Crippen LogP contribution in [0.3, 0.4) is 0 Å². The number of rotatable bonds is 0. The molecule has 0 atom stereocenters. The maximum Gasteiger partial charge on any atom is 0.145 e. The van der Waals surface area contributed by atoms with Gasteiger partial charge in [-0.25, -0.2) is 0 Å². The first kappa shape index (κ1) is 4.94. The normalized spacial score (nSPS) is 9.43. The molecule has 0 aliphatic rings. The van der Waals surface area contributed by atoms with Gasteiger partial charge in [0.05, 0.1) is 6.20 Å². The fourth-order valence-corrected chi connectivity index (χ4v) is 0.477. The Hall–Kier alpha value is -0.210. The minimum absolute atomic E-state index is 0.432. The van der Waals surface area contributed by atoms with E-state index in [0.717, 1.165) is 4.20 Å². The molecule has 7 heavy (non-hydrogen) atoms. The molecule has 0 fully saturated rings. The van der Waals surface area contributed by atoms with Crippen molar-refractivity contribution >= 4 is 23.4 Å². The van der Waals surface area contributed by atoms with E-state index in [2.05, 4.69) is 5.10 Å². The van der Waals surface area contributed by atoms with Crippen LogP contribution >= 0.6 is 23.4 Å². The van der Waals surface area contributed by atoms with Crippen molar-refractivity contribution < 1.29 is 0 Å². The maximum absolute atomic E-state index is 5.39. The quantitative estimate of drug-likeness (QED) is 0.530. The van der Waals surface area contributed by atoms with Gasteiger partial charge in [0, 0.05) is 11.8 Å². The topological polar surface area (TPSA) is 17.8 Å². The summed E-state index contributed by atoms with van der Waals surface area (Å²) >= 11 is 10.7. The van der Waals surface area contributed by atoms with Crippen LogP contribution in [0.1, 0.15) is 0 Å². The highest BCUT2D eigenvalue weighted by Gasteiger charge is 1.89. The van der Waals surface area contributed by atoms with Crippen molar-refractivity contribution in [3.8, 4) is 0 Å². The Morgan fingerprint density at radius 1 is 1.71 bits per heavy atom. The predicted octanol–water partition coefficient (Wildman–Crippen LogP) is 1.54. The molecule has 0 saturated heterocycles. The zero-order chi connectivity index (χ0) is 5.28. The van der Waals surface area contributed by atoms with Crippen molar-refractivity contribution in [1.29, 1.82) is 0 Å². The summed E-state index contributed by atoms with van der Waals surface area (Å²) in [7, 11) is 0. The summed E-state index contributed by atoms with van der Waals surface area (Å²) in [6.07, 6.45) is 1.52. The second-order valence-corrected chi connectivity index (χ2v) is 1.72. The predicted molar refractivity (Wildman–Crippen MR) is 28.5 cm³/mol. The van der Waals surface area contributed by atoms with Crippen molar-refractivity contribution in [1.82, 2.24) is 9.30 Å². The molecule has 0 unspecified atom stereocenters. The summed E-state index contributed by atoms with van der Waals surface area (Å²) in [5, 5.41) is 4.00. The standard InChI is InChI=1S/C3H2Cl2N2/c4-3-1-2-6-7(3)5/h1-2H. The maximum atomic E-state index is 5.39. The average Bonchev–Trinajstić information content (AvgIpc) is 1.91. The highest BCUT2D eigenvalue weighted by molar-refractivity contribution is 6.32. The molecule has 0 bridgehead atoms. The smallest absolute Gasteiger partial charge is 0.145 e. The van der Waals surface area contributed by atoms with Gasteiger partial charge in [-0.05, 0) is 6.07 Å². The van der Waals surface area contributed by atoms with E-state index >= 15 is 0 Å². The Kier molecular flexibility index (Phi) is 1.21. The van der Waals surface area contributed by atoms with Gasteiger partial charge in [-0.15, -0.1) is 0 Å². The molecule has 1 rings (SSSR count). The van der Waals surface area contributed by atoms with E-state index in [9.17, 15) is 0 Å². The molecule has 1 aromatic heterocycles. The highest BCUT2D eigenvalue weighted by Crippen LogP contribution is 2.05. The van der Waals surface area contributed by atoms with Crippen LogP contribution in [0, 0.1) is 0 Å². The zero-order valence-corrected chi connectivity index (χ0v) is 4.82. The van der Waals surface area contributed by atoms with Crippen LogP contribution in [-0.4, -0.2) is 9.30 Å². The van der Waals surface area contributed by atoms with Crippen LogP contribution in [0.15, 0.2) is 12.3 Å². The minimum Gasteiger partial charge on any atom is -0.164 e. The minimum atomic E-state index is 0.432. The average molecular weight is 137 g/mol. The van der Waals surface area contributed by atoms with E-state index < -0.39 is 0 Å². The molecule has 0 saturated carbocycles. The first-order chi connectivity index (χ1) is 3.30. The molecular formula is C3H2Cl2N2. The van der Waals surface area contributed by atoms with Gasteiger partial charge in [0.25, 0.3) is 0 Å². The monoisotopic (exact) mass is 136 g/mol. The number of hydrogen-bond donors (Lipinski definition) is 0. The Morgan fingerprint density at radius 2 is 2.43 bits per heavy atom. The summed E-state index contributed by atoms with van der Waals surface area (Å²) in [4.78, 5) is 0. The number of halogens is 2. The van der Waals surface area contributed by atoms with Crippen molar-refractivity contribution in [2.45, 2.75) is 0 Å². The van der Waals surface area contributed by atoms with Gasteiger partial charge in [0.2, 0.25) is 0 Å². The van der Waals surface area contributed by atoms with Crippen LogP contribution in [0.5, 0.6) is 0 Å². The Morgan fingerprint density at radius 3 is 2.57 bits per heavy atom. The first-order valence-corrected chi connectivity index (χ1v) is 2.38. The molecule has 0 aliphatic heterocycles. The van der Waals surface area contributed by atoms with Crippen LogP contribution in [0.25, 0.3) is 0 Å². The lowest BCUT2D eigenvalue weighted by Crippen LogP contribution is -1.77. The van der Waals surface area contributed by atoms with Gasteiger partial charge in [-0.2, -0.15) is 9.30 Å². The lowest BCUT2D eigenvalue weighted by Gasteiger charge is -1.80. The molecular weight excluding hydrogens is 135 g/mol. The van der Waals surface area contributed by atoms with E-state index in [4.69, 9.17) is 23.4 Å². The molecule has 1 aromatic rings. The highest BCUT2D eigenvalue weighted by atomic mass is 35.5. The van der Waals surface area contributed by atoms with Crippen molar-refractivity contribution in [3.05, 3.63) is 17.4 Å². The Bertz CT molecular complexity index is 143. The van der Waals surface area contributed by atoms with Crippen LogP contribution < -0.4 is 0 Å². The third kappa shape index (κ3) is 0.868. The molecule has 0 aliphatic carbocycles. The third-order valence-electron chi connectivity index (χ3n) is 0.556. The lowest BCUT2D eigenvalue weighted by molar-refractivity contribution is 0.994. The van der Waals surface area contributed by atoms with E-state index in [0.29, 0.717) is 5.15 Å². The van der Waals surface area contributed by atoms with E-state index in [-0.39, 0.29) is 0 Å². The molecule has 0 aromatic carbocycles. The van der Waals surface area contributed by atoms with Gasteiger partial charge in [0.1, 0.15) is 5.15 Å². The molecule has 0 amide bonds. The van der Waals surface area contributed by atoms with Crippen molar-refractivity contribution in [3.63, 3.8) is 0 Å². The fraction of sp³-hybridized carbons (Fsp3) is 0. The van der Waals surface area contributed by atoms with Crippen LogP contribution in [0.2, 0.25) is 5.15 Å². The van der Waals surface area contributed by atoms with Gasteiger partial charge in [0.15, 0.2) is 0 Å². The molecule has 0 N–H and O–H groups in total. The van der Waals surface area contributed by atoms with Crippen LogP contribution in [0.4, 0.5) is 0 Å². The lowest BCUT2D eigenvalue weighted by atomic mass is 10.8. The zero-order valence-electron chi connectivity index (χ0n) is 3.31. The second-order valence-electron chi connectivity index (χ2n) is 1.01. The van der Waals surface area contributed by atoms with E-state index in [1.54, 1.807) is 6.07 Å². The summed E-state index contributed by atoms with van der Waals surface area (Å²) in [5.74, 6) is 0.